The van der Waals surface area contributed by atoms with Gasteiger partial charge in [0.15, 0.2) is 0 Å². The van der Waals surface area contributed by atoms with Gasteiger partial charge in [-0.15, -0.1) is 23.7 Å². The number of hydrogen-bond acceptors (Lipinski definition) is 4. The molecule has 0 bridgehead atoms. The van der Waals surface area contributed by atoms with Gasteiger partial charge in [-0.05, 0) is 30.7 Å². The molecule has 1 saturated heterocycles. The molecule has 3 N–H and O–H groups in total. The molecule has 2 amide bonds. The Morgan fingerprint density at radius 3 is 2.64 bits per heavy atom. The summed E-state index contributed by atoms with van der Waals surface area (Å²) in [6.07, 6.45) is 1.25. The van der Waals surface area contributed by atoms with E-state index in [1.165, 1.54) is 4.88 Å². The molecule has 2 rings (SSSR count). The van der Waals surface area contributed by atoms with Crippen molar-refractivity contribution in [1.82, 2.24) is 10.2 Å². The van der Waals surface area contributed by atoms with Gasteiger partial charge in [0, 0.05) is 42.4 Å². The maximum Gasteiger partial charge on any atom is 0.252 e. The van der Waals surface area contributed by atoms with E-state index in [4.69, 9.17) is 5.73 Å². The molecule has 142 valence electrons. The zero-order valence-corrected chi connectivity index (χ0v) is 17.1. The van der Waals surface area contributed by atoms with E-state index in [1.807, 2.05) is 5.38 Å². The average molecular weight is 388 g/mol. The first-order valence-corrected chi connectivity index (χ1v) is 9.59. The smallest absolute Gasteiger partial charge is 0.252 e. The molecule has 0 aliphatic carbocycles. The minimum atomic E-state index is -0.273. The molecule has 2 atom stereocenters. The topological polar surface area (TPSA) is 75.4 Å². The van der Waals surface area contributed by atoms with Gasteiger partial charge in [-0.3, -0.25) is 9.59 Å². The Morgan fingerprint density at radius 2 is 2.08 bits per heavy atom. The molecule has 0 radical (unpaired) electrons. The number of aryl methyl sites for hydroxylation is 1. The second kappa shape index (κ2) is 9.55. The highest BCUT2D eigenvalue weighted by molar-refractivity contribution is 7.10. The lowest BCUT2D eigenvalue weighted by atomic mass is 9.91. The van der Waals surface area contributed by atoms with Crippen molar-refractivity contribution >= 4 is 35.6 Å². The third kappa shape index (κ3) is 5.43. The Bertz CT molecular complexity index is 603. The van der Waals surface area contributed by atoms with Crippen molar-refractivity contribution in [1.29, 1.82) is 0 Å². The molecule has 2 heterocycles. The van der Waals surface area contributed by atoms with Gasteiger partial charge in [-0.1, -0.05) is 20.8 Å². The quantitative estimate of drug-likeness (QED) is 0.755. The van der Waals surface area contributed by atoms with Crippen LogP contribution < -0.4 is 11.1 Å². The normalized spacial score (nSPS) is 20.5. The monoisotopic (exact) mass is 387 g/mol. The Morgan fingerprint density at radius 1 is 1.40 bits per heavy atom. The van der Waals surface area contributed by atoms with Crippen LogP contribution in [0.3, 0.4) is 0 Å². The van der Waals surface area contributed by atoms with Crippen LogP contribution in [0.15, 0.2) is 5.38 Å². The summed E-state index contributed by atoms with van der Waals surface area (Å²) < 4.78 is 0. The van der Waals surface area contributed by atoms with Crippen LogP contribution in [-0.2, 0) is 11.2 Å². The summed E-state index contributed by atoms with van der Waals surface area (Å²) in [5, 5.41) is 5.21. The van der Waals surface area contributed by atoms with Crippen LogP contribution in [0.1, 0.15) is 48.0 Å². The lowest BCUT2D eigenvalue weighted by Gasteiger charge is -2.23. The van der Waals surface area contributed by atoms with Crippen molar-refractivity contribution in [3.05, 3.63) is 21.4 Å². The van der Waals surface area contributed by atoms with Crippen molar-refractivity contribution in [2.45, 2.75) is 46.6 Å². The molecule has 0 saturated carbocycles. The molecule has 1 fully saturated rings. The largest absolute Gasteiger partial charge is 0.370 e. The van der Waals surface area contributed by atoms with Crippen molar-refractivity contribution < 1.29 is 9.59 Å². The summed E-state index contributed by atoms with van der Waals surface area (Å²) in [7, 11) is 0. The van der Waals surface area contributed by atoms with E-state index in [0.29, 0.717) is 24.8 Å². The number of likely N-dealkylation sites (tertiary alicyclic amines) is 1. The molecular weight excluding hydrogens is 358 g/mol. The van der Waals surface area contributed by atoms with E-state index in [1.54, 1.807) is 11.3 Å². The summed E-state index contributed by atoms with van der Waals surface area (Å²) in [5.74, 6) is 0.629. The highest BCUT2D eigenvalue weighted by atomic mass is 35.5. The fourth-order valence-electron chi connectivity index (χ4n) is 3.55. The first kappa shape index (κ1) is 21.9. The average Bonchev–Trinajstić information content (AvgIpc) is 3.08. The van der Waals surface area contributed by atoms with E-state index in [2.05, 4.69) is 37.9 Å². The summed E-state index contributed by atoms with van der Waals surface area (Å²) in [5.41, 5.74) is 7.23. The van der Waals surface area contributed by atoms with E-state index >= 15 is 0 Å². The number of thiophene rings is 1. The van der Waals surface area contributed by atoms with Crippen molar-refractivity contribution in [3.8, 4) is 0 Å². The fourth-order valence-corrected chi connectivity index (χ4v) is 4.49. The van der Waals surface area contributed by atoms with Crippen LogP contribution in [0.5, 0.6) is 0 Å². The number of halogens is 1. The Labute approximate surface area is 160 Å². The maximum atomic E-state index is 12.7. The van der Waals surface area contributed by atoms with Crippen LogP contribution in [0.25, 0.3) is 0 Å². The SMILES string of the molecule is CCc1c(C(=O)N[C@H]2CN(CCC(N)=O)C[C@@H]2C(C)C)csc1C.Cl. The van der Waals surface area contributed by atoms with Crippen LogP contribution in [0.4, 0.5) is 0 Å². The third-order valence-corrected chi connectivity index (χ3v) is 5.94. The van der Waals surface area contributed by atoms with Gasteiger partial charge >= 0.3 is 0 Å². The number of carbonyl (C=O) groups excluding carboxylic acids is 2. The Hall–Kier alpha value is -1.11. The number of nitrogens with zero attached hydrogens (tertiary/aromatic N) is 1. The standard InChI is InChI=1S/C18H29N3O2S.ClH/c1-5-13-12(4)24-10-15(13)18(23)20-16-9-21(7-6-17(19)22)8-14(16)11(2)3;/h10-11,14,16H,5-9H2,1-4H3,(H2,19,22)(H,20,23);1H/t14-,16+;/m1./s1. The molecule has 1 aliphatic heterocycles. The number of hydrogen-bond donors (Lipinski definition) is 2. The van der Waals surface area contributed by atoms with Crippen molar-refractivity contribution in [3.63, 3.8) is 0 Å². The van der Waals surface area contributed by atoms with E-state index in [-0.39, 0.29) is 30.3 Å². The lowest BCUT2D eigenvalue weighted by Crippen LogP contribution is -2.42. The minimum Gasteiger partial charge on any atom is -0.370 e. The van der Waals surface area contributed by atoms with Gasteiger partial charge in [0.1, 0.15) is 0 Å². The highest BCUT2D eigenvalue weighted by Gasteiger charge is 2.35. The molecule has 7 heteroatoms. The van der Waals surface area contributed by atoms with Crippen LogP contribution >= 0.6 is 23.7 Å². The Balaban J connectivity index is 0.00000312. The minimum absolute atomic E-state index is 0. The number of carbonyl (C=O) groups is 2. The fraction of sp³-hybridized carbons (Fsp3) is 0.667. The molecule has 1 aromatic rings. The van der Waals surface area contributed by atoms with E-state index in [9.17, 15) is 9.59 Å². The zero-order chi connectivity index (χ0) is 17.9. The summed E-state index contributed by atoms with van der Waals surface area (Å²) in [4.78, 5) is 27.2. The van der Waals surface area contributed by atoms with Crippen LogP contribution in [-0.4, -0.2) is 42.4 Å². The molecular formula is C18H30ClN3O2S. The molecule has 5 nitrogen and oxygen atoms in total. The number of nitrogens with one attached hydrogen (secondary N) is 1. The molecule has 1 aromatic heterocycles. The Kier molecular flexibility index (Phi) is 8.38. The van der Waals surface area contributed by atoms with Gasteiger partial charge < -0.3 is 16.0 Å². The van der Waals surface area contributed by atoms with E-state index in [0.717, 1.165) is 30.6 Å². The second-order valence-corrected chi connectivity index (χ2v) is 8.09. The first-order valence-electron chi connectivity index (χ1n) is 8.71. The molecule has 25 heavy (non-hydrogen) atoms. The molecule has 1 aliphatic rings. The van der Waals surface area contributed by atoms with Gasteiger partial charge in [0.25, 0.3) is 5.91 Å². The number of primary amides is 1. The van der Waals surface area contributed by atoms with E-state index < -0.39 is 0 Å². The number of nitrogens with two attached hydrogens (primary N) is 1. The van der Waals surface area contributed by atoms with Gasteiger partial charge in [-0.2, -0.15) is 0 Å². The van der Waals surface area contributed by atoms with Crippen LogP contribution in [0, 0.1) is 18.8 Å². The molecule has 0 aromatic carbocycles. The molecule has 0 spiro atoms. The predicted molar refractivity (Wildman–Crippen MR) is 106 cm³/mol. The summed E-state index contributed by atoms with van der Waals surface area (Å²) in [6.45, 7) is 10.9. The van der Waals surface area contributed by atoms with Crippen molar-refractivity contribution in [2.24, 2.45) is 17.6 Å². The first-order chi connectivity index (χ1) is 11.3. The van der Waals surface area contributed by atoms with Gasteiger partial charge in [0.2, 0.25) is 5.91 Å². The highest BCUT2D eigenvalue weighted by Crippen LogP contribution is 2.26. The lowest BCUT2D eigenvalue weighted by molar-refractivity contribution is -0.118. The third-order valence-electron chi connectivity index (χ3n) is 4.99. The zero-order valence-electron chi connectivity index (χ0n) is 15.5. The van der Waals surface area contributed by atoms with Gasteiger partial charge in [0.05, 0.1) is 5.56 Å². The molecule has 0 unspecified atom stereocenters. The van der Waals surface area contributed by atoms with Gasteiger partial charge in [-0.25, -0.2) is 0 Å². The van der Waals surface area contributed by atoms with Crippen molar-refractivity contribution in [2.75, 3.05) is 19.6 Å². The summed E-state index contributed by atoms with van der Waals surface area (Å²) in [6, 6.07) is 0.121. The number of rotatable bonds is 7. The number of amides is 2. The van der Waals surface area contributed by atoms with Crippen LogP contribution in [0.2, 0.25) is 0 Å². The predicted octanol–water partition coefficient (Wildman–Crippen LogP) is 2.60. The summed E-state index contributed by atoms with van der Waals surface area (Å²) >= 11 is 1.64. The second-order valence-electron chi connectivity index (χ2n) is 7.00. The maximum absolute atomic E-state index is 12.7.